The standard InChI is InChI=1S/C15H22N2O2S/c1-11-6-7-12(15(16)19)10-17(11)8-2-4-13(18)14-5-3-9-20-14/h3,5,9,11-12H,2,4,6-8,10H2,1H3,(H2,16,19). The largest absolute Gasteiger partial charge is 0.369 e. The lowest BCUT2D eigenvalue weighted by Crippen LogP contribution is -2.46. The Kier molecular flexibility index (Phi) is 5.31. The maximum Gasteiger partial charge on any atom is 0.221 e. The van der Waals surface area contributed by atoms with Gasteiger partial charge in [-0.3, -0.25) is 14.5 Å². The molecule has 0 aliphatic carbocycles. The smallest absolute Gasteiger partial charge is 0.221 e. The molecule has 1 saturated heterocycles. The van der Waals surface area contributed by atoms with Crippen molar-refractivity contribution >= 4 is 23.0 Å². The number of nitrogens with two attached hydrogens (primary N) is 1. The molecule has 0 bridgehead atoms. The Labute approximate surface area is 124 Å². The van der Waals surface area contributed by atoms with Gasteiger partial charge in [0.25, 0.3) is 0 Å². The molecule has 4 nitrogen and oxygen atoms in total. The van der Waals surface area contributed by atoms with E-state index in [1.165, 1.54) is 11.3 Å². The number of likely N-dealkylation sites (tertiary alicyclic amines) is 1. The van der Waals surface area contributed by atoms with Gasteiger partial charge in [0.1, 0.15) is 0 Å². The molecule has 0 saturated carbocycles. The van der Waals surface area contributed by atoms with Gasteiger partial charge in [0, 0.05) is 19.0 Å². The van der Waals surface area contributed by atoms with Crippen LogP contribution in [0.4, 0.5) is 0 Å². The third-order valence-corrected chi connectivity index (χ3v) is 4.97. The first-order chi connectivity index (χ1) is 9.58. The van der Waals surface area contributed by atoms with Crippen molar-refractivity contribution < 1.29 is 9.59 Å². The molecule has 20 heavy (non-hydrogen) atoms. The number of amides is 1. The van der Waals surface area contributed by atoms with Crippen LogP contribution < -0.4 is 5.73 Å². The first-order valence-corrected chi connectivity index (χ1v) is 8.06. The van der Waals surface area contributed by atoms with Gasteiger partial charge in [0.2, 0.25) is 5.91 Å². The van der Waals surface area contributed by atoms with E-state index in [1.54, 1.807) is 0 Å². The molecule has 2 rings (SSSR count). The van der Waals surface area contributed by atoms with Crippen LogP contribution in [0.5, 0.6) is 0 Å². The van der Waals surface area contributed by atoms with E-state index in [4.69, 9.17) is 5.73 Å². The maximum atomic E-state index is 11.9. The normalized spacial score (nSPS) is 23.6. The molecule has 0 radical (unpaired) electrons. The Balaban J connectivity index is 1.77. The van der Waals surface area contributed by atoms with Crippen LogP contribution in [0.3, 0.4) is 0 Å². The average Bonchev–Trinajstić information content (AvgIpc) is 2.94. The van der Waals surface area contributed by atoms with E-state index < -0.39 is 0 Å². The molecule has 0 spiro atoms. The van der Waals surface area contributed by atoms with E-state index in [-0.39, 0.29) is 17.6 Å². The van der Waals surface area contributed by atoms with Gasteiger partial charge < -0.3 is 5.73 Å². The molecule has 1 aromatic heterocycles. The minimum absolute atomic E-state index is 0.0285. The third-order valence-electron chi connectivity index (χ3n) is 4.06. The van der Waals surface area contributed by atoms with E-state index in [9.17, 15) is 9.59 Å². The number of piperidine rings is 1. The second-order valence-corrected chi connectivity index (χ2v) is 6.47. The number of hydrogen-bond acceptors (Lipinski definition) is 4. The second-order valence-electron chi connectivity index (χ2n) is 5.52. The third kappa shape index (κ3) is 3.90. The molecule has 1 amide bonds. The van der Waals surface area contributed by atoms with Crippen LogP contribution in [-0.2, 0) is 4.79 Å². The molecular weight excluding hydrogens is 272 g/mol. The number of rotatable bonds is 6. The first-order valence-electron chi connectivity index (χ1n) is 7.18. The zero-order chi connectivity index (χ0) is 14.5. The van der Waals surface area contributed by atoms with Crippen LogP contribution in [0, 0.1) is 5.92 Å². The van der Waals surface area contributed by atoms with E-state index in [0.29, 0.717) is 12.5 Å². The van der Waals surface area contributed by atoms with Crippen molar-refractivity contribution in [1.29, 1.82) is 0 Å². The van der Waals surface area contributed by atoms with Crippen LogP contribution in [0.25, 0.3) is 0 Å². The average molecular weight is 294 g/mol. The summed E-state index contributed by atoms with van der Waals surface area (Å²) in [4.78, 5) is 26.3. The van der Waals surface area contributed by atoms with Gasteiger partial charge >= 0.3 is 0 Å². The minimum Gasteiger partial charge on any atom is -0.369 e. The molecule has 1 fully saturated rings. The summed E-state index contributed by atoms with van der Waals surface area (Å²) in [5, 5.41) is 1.93. The Morgan fingerprint density at radius 3 is 2.90 bits per heavy atom. The molecule has 2 unspecified atom stereocenters. The number of primary amides is 1. The lowest BCUT2D eigenvalue weighted by Gasteiger charge is -2.36. The fraction of sp³-hybridized carbons (Fsp3) is 0.600. The van der Waals surface area contributed by atoms with E-state index >= 15 is 0 Å². The molecule has 2 atom stereocenters. The summed E-state index contributed by atoms with van der Waals surface area (Å²) in [5.41, 5.74) is 5.40. The molecule has 110 valence electrons. The number of thiophene rings is 1. The Morgan fingerprint density at radius 1 is 1.45 bits per heavy atom. The van der Waals surface area contributed by atoms with Crippen molar-refractivity contribution in [2.45, 2.75) is 38.6 Å². The van der Waals surface area contributed by atoms with Gasteiger partial charge in [-0.05, 0) is 44.2 Å². The van der Waals surface area contributed by atoms with Crippen molar-refractivity contribution in [1.82, 2.24) is 4.90 Å². The zero-order valence-corrected chi connectivity index (χ0v) is 12.7. The minimum atomic E-state index is -0.198. The summed E-state index contributed by atoms with van der Waals surface area (Å²) in [5.74, 6) is -0.00752. The topological polar surface area (TPSA) is 63.4 Å². The Hall–Kier alpha value is -1.20. The molecule has 1 aliphatic rings. The molecule has 1 aliphatic heterocycles. The summed E-state index contributed by atoms with van der Waals surface area (Å²) in [6, 6.07) is 4.25. The van der Waals surface area contributed by atoms with Crippen molar-refractivity contribution in [2.75, 3.05) is 13.1 Å². The summed E-state index contributed by atoms with van der Waals surface area (Å²) >= 11 is 1.50. The van der Waals surface area contributed by atoms with Gasteiger partial charge in [-0.25, -0.2) is 0 Å². The lowest BCUT2D eigenvalue weighted by atomic mass is 9.92. The first kappa shape index (κ1) is 15.2. The van der Waals surface area contributed by atoms with Gasteiger partial charge in [-0.15, -0.1) is 11.3 Å². The maximum absolute atomic E-state index is 11.9. The summed E-state index contributed by atoms with van der Waals surface area (Å²) in [6.07, 6.45) is 3.31. The van der Waals surface area contributed by atoms with Gasteiger partial charge in [-0.1, -0.05) is 6.07 Å². The molecule has 2 heterocycles. The van der Waals surface area contributed by atoms with Crippen molar-refractivity contribution in [3.63, 3.8) is 0 Å². The van der Waals surface area contributed by atoms with E-state index in [0.717, 1.165) is 37.2 Å². The number of carbonyl (C=O) groups excluding carboxylic acids is 2. The summed E-state index contributed by atoms with van der Waals surface area (Å²) in [6.45, 7) is 3.78. The number of hydrogen-bond donors (Lipinski definition) is 1. The highest BCUT2D eigenvalue weighted by Gasteiger charge is 2.28. The zero-order valence-electron chi connectivity index (χ0n) is 11.9. The number of carbonyl (C=O) groups is 2. The lowest BCUT2D eigenvalue weighted by molar-refractivity contribution is -0.123. The fourth-order valence-electron chi connectivity index (χ4n) is 2.73. The van der Waals surface area contributed by atoms with Crippen LogP contribution >= 0.6 is 11.3 Å². The van der Waals surface area contributed by atoms with E-state index in [2.05, 4.69) is 11.8 Å². The monoisotopic (exact) mass is 294 g/mol. The highest BCUT2D eigenvalue weighted by atomic mass is 32.1. The van der Waals surface area contributed by atoms with Crippen LogP contribution in [0.2, 0.25) is 0 Å². The Bertz CT molecular complexity index is 458. The number of ketones is 1. The van der Waals surface area contributed by atoms with Gasteiger partial charge in [0.15, 0.2) is 5.78 Å². The highest BCUT2D eigenvalue weighted by molar-refractivity contribution is 7.12. The molecule has 1 aromatic rings. The van der Waals surface area contributed by atoms with Crippen LogP contribution in [-0.4, -0.2) is 35.7 Å². The van der Waals surface area contributed by atoms with Crippen LogP contribution in [0.1, 0.15) is 42.3 Å². The highest BCUT2D eigenvalue weighted by Crippen LogP contribution is 2.22. The Morgan fingerprint density at radius 2 is 2.25 bits per heavy atom. The number of nitrogens with zero attached hydrogens (tertiary/aromatic N) is 1. The molecule has 0 aromatic carbocycles. The van der Waals surface area contributed by atoms with Gasteiger partial charge in [-0.2, -0.15) is 0 Å². The molecule has 2 N–H and O–H groups in total. The summed E-state index contributed by atoms with van der Waals surface area (Å²) < 4.78 is 0. The quantitative estimate of drug-likeness (QED) is 0.819. The van der Waals surface area contributed by atoms with Crippen LogP contribution in [0.15, 0.2) is 17.5 Å². The van der Waals surface area contributed by atoms with Gasteiger partial charge in [0.05, 0.1) is 10.8 Å². The second kappa shape index (κ2) is 6.99. The van der Waals surface area contributed by atoms with Crippen molar-refractivity contribution in [3.8, 4) is 0 Å². The van der Waals surface area contributed by atoms with E-state index in [1.807, 2.05) is 17.5 Å². The predicted molar refractivity (Wildman–Crippen MR) is 80.8 cm³/mol. The van der Waals surface area contributed by atoms with Crippen molar-refractivity contribution in [3.05, 3.63) is 22.4 Å². The predicted octanol–water partition coefficient (Wildman–Crippen LogP) is 2.30. The molecular formula is C15H22N2O2S. The molecule has 5 heteroatoms. The van der Waals surface area contributed by atoms with Crippen molar-refractivity contribution in [2.24, 2.45) is 11.7 Å². The summed E-state index contributed by atoms with van der Waals surface area (Å²) in [7, 11) is 0. The number of Topliss-reactive ketones (excluding diaryl/α,β-unsaturated/α-hetero) is 1. The SMILES string of the molecule is CC1CCC(C(N)=O)CN1CCCC(=O)c1cccs1. The fourth-order valence-corrected chi connectivity index (χ4v) is 3.42.